The largest absolute Gasteiger partial charge is 0.480 e. The fourth-order valence-electron chi connectivity index (χ4n) is 1.42. The zero-order valence-corrected chi connectivity index (χ0v) is 9.71. The van der Waals surface area contributed by atoms with Gasteiger partial charge in [-0.15, -0.1) is 0 Å². The highest BCUT2D eigenvalue weighted by atomic mass is 16.5. The van der Waals surface area contributed by atoms with E-state index in [0.29, 0.717) is 12.4 Å². The third-order valence-corrected chi connectivity index (χ3v) is 2.20. The van der Waals surface area contributed by atoms with Gasteiger partial charge in [-0.1, -0.05) is 0 Å². The molecule has 0 bridgehead atoms. The first-order chi connectivity index (χ1) is 8.10. The third kappa shape index (κ3) is 3.17. The van der Waals surface area contributed by atoms with Crippen LogP contribution in [0.3, 0.4) is 0 Å². The summed E-state index contributed by atoms with van der Waals surface area (Å²) in [5.74, 6) is -1.19. The van der Waals surface area contributed by atoms with Gasteiger partial charge >= 0.3 is 11.9 Å². The topological polar surface area (TPSA) is 79.7 Å². The van der Waals surface area contributed by atoms with E-state index in [-0.39, 0.29) is 12.1 Å². The summed E-state index contributed by atoms with van der Waals surface area (Å²) in [6.45, 7) is 2.02. The molecule has 0 unspecified atom stereocenters. The fourth-order valence-corrected chi connectivity index (χ4v) is 1.42. The summed E-state index contributed by atoms with van der Waals surface area (Å²) < 4.78 is 4.62. The maximum atomic E-state index is 11.5. The van der Waals surface area contributed by atoms with Gasteiger partial charge in [-0.25, -0.2) is 9.78 Å². The Bertz CT molecular complexity index is 420. The molecule has 92 valence electrons. The Hall–Kier alpha value is -2.11. The monoisotopic (exact) mass is 238 g/mol. The van der Waals surface area contributed by atoms with Crippen molar-refractivity contribution in [3.05, 3.63) is 23.9 Å². The molecule has 17 heavy (non-hydrogen) atoms. The van der Waals surface area contributed by atoms with Crippen LogP contribution in [0, 0.1) is 0 Å². The predicted molar refractivity (Wildman–Crippen MR) is 61.1 cm³/mol. The number of aromatic nitrogens is 1. The van der Waals surface area contributed by atoms with Crippen molar-refractivity contribution in [1.29, 1.82) is 0 Å². The lowest BCUT2D eigenvalue weighted by molar-refractivity contribution is -0.135. The van der Waals surface area contributed by atoms with E-state index in [9.17, 15) is 9.59 Å². The summed E-state index contributed by atoms with van der Waals surface area (Å²) in [4.78, 5) is 27.7. The SMILES string of the molecule is CCN(CC(=O)O)c1ncccc1C(=O)OC. The van der Waals surface area contributed by atoms with E-state index in [1.54, 1.807) is 19.1 Å². The van der Waals surface area contributed by atoms with Crippen molar-refractivity contribution in [2.24, 2.45) is 0 Å². The Morgan fingerprint density at radius 1 is 1.53 bits per heavy atom. The molecule has 0 aliphatic heterocycles. The van der Waals surface area contributed by atoms with Gasteiger partial charge in [0, 0.05) is 12.7 Å². The van der Waals surface area contributed by atoms with Crippen molar-refractivity contribution in [3.63, 3.8) is 0 Å². The van der Waals surface area contributed by atoms with E-state index in [4.69, 9.17) is 5.11 Å². The summed E-state index contributed by atoms with van der Waals surface area (Å²) in [5.41, 5.74) is 0.262. The van der Waals surface area contributed by atoms with Gasteiger partial charge in [0.2, 0.25) is 0 Å². The Morgan fingerprint density at radius 3 is 2.76 bits per heavy atom. The first kappa shape index (κ1) is 13.0. The highest BCUT2D eigenvalue weighted by Crippen LogP contribution is 2.17. The zero-order valence-electron chi connectivity index (χ0n) is 9.71. The van der Waals surface area contributed by atoms with Crippen molar-refractivity contribution >= 4 is 17.8 Å². The number of rotatable bonds is 5. The number of carbonyl (C=O) groups is 2. The lowest BCUT2D eigenvalue weighted by Gasteiger charge is -2.21. The molecule has 0 fully saturated rings. The van der Waals surface area contributed by atoms with Crippen LogP contribution in [0.2, 0.25) is 0 Å². The number of hydrogen-bond acceptors (Lipinski definition) is 5. The van der Waals surface area contributed by atoms with Gasteiger partial charge in [-0.3, -0.25) is 4.79 Å². The summed E-state index contributed by atoms with van der Waals surface area (Å²) >= 11 is 0. The van der Waals surface area contributed by atoms with Crippen LogP contribution in [-0.2, 0) is 9.53 Å². The minimum Gasteiger partial charge on any atom is -0.480 e. The molecule has 0 spiro atoms. The summed E-state index contributed by atoms with van der Waals surface area (Å²) in [6.07, 6.45) is 1.51. The minimum absolute atomic E-state index is 0.211. The van der Waals surface area contributed by atoms with E-state index >= 15 is 0 Å². The predicted octanol–water partition coefficient (Wildman–Crippen LogP) is 0.779. The quantitative estimate of drug-likeness (QED) is 0.763. The molecule has 0 saturated heterocycles. The molecule has 0 radical (unpaired) electrons. The van der Waals surface area contributed by atoms with Gasteiger partial charge in [-0.2, -0.15) is 0 Å². The second-order valence-electron chi connectivity index (χ2n) is 3.27. The van der Waals surface area contributed by atoms with Crippen LogP contribution in [0.25, 0.3) is 0 Å². The molecule has 0 aliphatic rings. The number of methoxy groups -OCH3 is 1. The fraction of sp³-hybridized carbons (Fsp3) is 0.364. The number of ether oxygens (including phenoxy) is 1. The van der Waals surface area contributed by atoms with E-state index < -0.39 is 11.9 Å². The first-order valence-corrected chi connectivity index (χ1v) is 5.10. The van der Waals surface area contributed by atoms with Crippen LogP contribution in [0.15, 0.2) is 18.3 Å². The Balaban J connectivity index is 3.09. The molecule has 0 amide bonds. The molecule has 1 heterocycles. The molecular formula is C11H14N2O4. The number of aliphatic carboxylic acids is 1. The number of likely N-dealkylation sites (N-methyl/N-ethyl adjacent to an activating group) is 1. The number of hydrogen-bond donors (Lipinski definition) is 1. The van der Waals surface area contributed by atoms with Crippen LogP contribution in [0.5, 0.6) is 0 Å². The van der Waals surface area contributed by atoms with Crippen LogP contribution in [0.1, 0.15) is 17.3 Å². The molecule has 6 heteroatoms. The number of esters is 1. The molecular weight excluding hydrogens is 224 g/mol. The highest BCUT2D eigenvalue weighted by molar-refractivity contribution is 5.95. The standard InChI is InChI=1S/C11H14N2O4/c1-3-13(7-9(14)15)10-8(11(16)17-2)5-4-6-12-10/h4-6H,3,7H2,1-2H3,(H,14,15). The average Bonchev–Trinajstić information content (AvgIpc) is 2.34. The average molecular weight is 238 g/mol. The van der Waals surface area contributed by atoms with Gasteiger partial charge < -0.3 is 14.7 Å². The second-order valence-corrected chi connectivity index (χ2v) is 3.27. The summed E-state index contributed by atoms with van der Waals surface area (Å²) in [7, 11) is 1.27. The summed E-state index contributed by atoms with van der Waals surface area (Å²) in [6, 6.07) is 3.16. The Kier molecular flexibility index (Phi) is 4.45. The summed E-state index contributed by atoms with van der Waals surface area (Å²) in [5, 5.41) is 8.78. The Labute approximate surface area is 98.8 Å². The van der Waals surface area contributed by atoms with Crippen LogP contribution in [0.4, 0.5) is 5.82 Å². The molecule has 1 aromatic rings. The number of carboxylic acid groups (broad SMARTS) is 1. The van der Waals surface area contributed by atoms with E-state index in [1.807, 2.05) is 0 Å². The number of carbonyl (C=O) groups excluding carboxylic acids is 1. The highest BCUT2D eigenvalue weighted by Gasteiger charge is 2.18. The number of pyridine rings is 1. The lowest BCUT2D eigenvalue weighted by atomic mass is 10.2. The van der Waals surface area contributed by atoms with E-state index in [1.165, 1.54) is 18.2 Å². The molecule has 1 N–H and O–H groups in total. The van der Waals surface area contributed by atoms with Crippen molar-refractivity contribution < 1.29 is 19.4 Å². The van der Waals surface area contributed by atoms with E-state index in [2.05, 4.69) is 9.72 Å². The van der Waals surface area contributed by atoms with Crippen molar-refractivity contribution in [2.45, 2.75) is 6.92 Å². The molecule has 1 aromatic heterocycles. The maximum absolute atomic E-state index is 11.5. The molecule has 6 nitrogen and oxygen atoms in total. The second kappa shape index (κ2) is 5.83. The molecule has 0 saturated carbocycles. The maximum Gasteiger partial charge on any atom is 0.341 e. The van der Waals surface area contributed by atoms with Crippen molar-refractivity contribution in [1.82, 2.24) is 4.98 Å². The van der Waals surface area contributed by atoms with Crippen LogP contribution in [-0.4, -0.2) is 42.2 Å². The van der Waals surface area contributed by atoms with Crippen LogP contribution < -0.4 is 4.90 Å². The molecule has 0 atom stereocenters. The van der Waals surface area contributed by atoms with Crippen molar-refractivity contribution in [2.75, 3.05) is 25.1 Å². The van der Waals surface area contributed by atoms with Gasteiger partial charge in [0.15, 0.2) is 0 Å². The lowest BCUT2D eigenvalue weighted by Crippen LogP contribution is -2.31. The molecule has 0 aromatic carbocycles. The normalized spacial score (nSPS) is 9.76. The molecule has 1 rings (SSSR count). The number of anilines is 1. The van der Waals surface area contributed by atoms with Gasteiger partial charge in [-0.05, 0) is 19.1 Å². The van der Waals surface area contributed by atoms with Crippen LogP contribution >= 0.6 is 0 Å². The smallest absolute Gasteiger partial charge is 0.341 e. The first-order valence-electron chi connectivity index (χ1n) is 5.10. The molecule has 0 aliphatic carbocycles. The van der Waals surface area contributed by atoms with E-state index in [0.717, 1.165) is 0 Å². The number of carboxylic acids is 1. The van der Waals surface area contributed by atoms with Gasteiger partial charge in [0.05, 0.1) is 7.11 Å². The zero-order chi connectivity index (χ0) is 12.8. The third-order valence-electron chi connectivity index (χ3n) is 2.20. The number of nitrogens with zero attached hydrogens (tertiary/aromatic N) is 2. The van der Waals surface area contributed by atoms with Gasteiger partial charge in [0.1, 0.15) is 17.9 Å². The minimum atomic E-state index is -0.978. The Morgan fingerprint density at radius 2 is 2.24 bits per heavy atom. The van der Waals surface area contributed by atoms with Gasteiger partial charge in [0.25, 0.3) is 0 Å². The van der Waals surface area contributed by atoms with Crippen molar-refractivity contribution in [3.8, 4) is 0 Å².